The van der Waals surface area contributed by atoms with E-state index in [-0.39, 0.29) is 30.7 Å². The van der Waals surface area contributed by atoms with Crippen LogP contribution in [0.4, 0.5) is 0 Å². The first-order chi connectivity index (χ1) is 22.5. The molecule has 3 aliphatic rings. The minimum atomic E-state index is -4.40. The maximum atomic E-state index is 13.7. The second-order valence-electron chi connectivity index (χ2n) is 10.8. The summed E-state index contributed by atoms with van der Waals surface area (Å²) in [4.78, 5) is 8.50. The van der Waals surface area contributed by atoms with Crippen LogP contribution in [-0.2, 0) is 36.7 Å². The molecule has 3 saturated heterocycles. The average molecular weight is 863 g/mol. The lowest BCUT2D eigenvalue weighted by Crippen LogP contribution is -2.36. The van der Waals surface area contributed by atoms with E-state index < -0.39 is 75.9 Å². The Bertz CT molecular complexity index is 2040. The fourth-order valence-corrected chi connectivity index (χ4v) is 9.82. The van der Waals surface area contributed by atoms with E-state index in [1.54, 1.807) is 0 Å². The van der Waals surface area contributed by atoms with E-state index in [1.807, 2.05) is 0 Å². The van der Waals surface area contributed by atoms with E-state index in [1.165, 1.54) is 33.4 Å². The number of hydrogen-bond donors (Lipinski definition) is 4. The van der Waals surface area contributed by atoms with Gasteiger partial charge in [-0.15, -0.1) is 0 Å². The first-order valence-electron chi connectivity index (χ1n) is 13.6. The number of thiol groups is 2. The molecule has 3 fully saturated rings. The largest absolute Gasteiger partial charge is 0.387 e. The quantitative estimate of drug-likeness (QED) is 0.117. The lowest BCUT2D eigenvalue weighted by atomic mass is 10.1. The summed E-state index contributed by atoms with van der Waals surface area (Å²) < 4.78 is 64.5. The van der Waals surface area contributed by atoms with Gasteiger partial charge in [0.25, 0.3) is 0 Å². The van der Waals surface area contributed by atoms with Crippen LogP contribution < -0.4 is 0 Å². The maximum Gasteiger partial charge on any atom is 0.386 e. The Labute approximate surface area is 311 Å². The zero-order chi connectivity index (χ0) is 34.4. The lowest BCUT2D eigenvalue weighted by Gasteiger charge is -2.27. The smallest absolute Gasteiger partial charge is 0.386 e. The number of imidazole rings is 2. The fraction of sp³-hybridized carbons (Fsp3) is 0.417. The molecule has 24 heteroatoms. The van der Waals surface area contributed by atoms with E-state index in [4.69, 9.17) is 97.2 Å². The second-order valence-corrected chi connectivity index (χ2v) is 18.8. The molecule has 0 radical (unpaired) electrons. The summed E-state index contributed by atoms with van der Waals surface area (Å²) in [5.74, 6) is 0. The zero-order valence-corrected chi connectivity index (χ0v) is 31.5. The Kier molecular flexibility index (Phi) is 10.2. The number of aromatic nitrogens is 4. The molecular formula is C24H20Cl6N4O10P2S2. The van der Waals surface area contributed by atoms with E-state index in [2.05, 4.69) is 34.5 Å². The molecule has 260 valence electrons. The van der Waals surface area contributed by atoms with E-state index in [9.17, 15) is 19.3 Å². The number of ether oxygens (including phenoxy) is 2. The van der Waals surface area contributed by atoms with Gasteiger partial charge in [-0.25, -0.2) is 19.1 Å². The summed E-state index contributed by atoms with van der Waals surface area (Å²) in [6, 6.07) is 5.89. The molecule has 10 atom stereocenters. The number of hydrogen-bond acceptors (Lipinski definition) is 12. The Hall–Kier alpha value is -0.0400. The Balaban J connectivity index is 1.22. The van der Waals surface area contributed by atoms with Crippen molar-refractivity contribution in [2.75, 3.05) is 13.2 Å². The predicted molar refractivity (Wildman–Crippen MR) is 184 cm³/mol. The van der Waals surface area contributed by atoms with Gasteiger partial charge in [-0.05, 0) is 47.5 Å². The van der Waals surface area contributed by atoms with Gasteiger partial charge in [0.2, 0.25) is 10.6 Å². The van der Waals surface area contributed by atoms with E-state index >= 15 is 0 Å². The van der Waals surface area contributed by atoms with Crippen molar-refractivity contribution in [1.82, 2.24) is 19.1 Å². The first-order valence-corrected chi connectivity index (χ1v) is 21.2. The summed E-state index contributed by atoms with van der Waals surface area (Å²) in [5.41, 5.74) is 1.33. The number of rotatable bonds is 2. The molecular weight excluding hydrogens is 843 g/mol. The van der Waals surface area contributed by atoms with Crippen LogP contribution in [0.25, 0.3) is 22.1 Å². The van der Waals surface area contributed by atoms with Crippen molar-refractivity contribution in [3.05, 3.63) is 54.9 Å². The summed E-state index contributed by atoms with van der Waals surface area (Å²) in [6.45, 7) is -9.95. The minimum absolute atomic E-state index is 0.112. The average Bonchev–Trinajstić information content (AvgIpc) is 3.67. The van der Waals surface area contributed by atoms with Crippen molar-refractivity contribution in [2.24, 2.45) is 0 Å². The molecule has 14 nitrogen and oxygen atoms in total. The van der Waals surface area contributed by atoms with Crippen LogP contribution in [0.5, 0.6) is 0 Å². The van der Waals surface area contributed by atoms with Gasteiger partial charge in [-0.3, -0.25) is 27.2 Å². The molecule has 4 aromatic rings. The van der Waals surface area contributed by atoms with Gasteiger partial charge >= 0.3 is 13.6 Å². The van der Waals surface area contributed by atoms with Crippen molar-refractivity contribution in [2.45, 2.75) is 49.1 Å². The number of fused-ring (bicyclic) bond motifs is 5. The van der Waals surface area contributed by atoms with Crippen LogP contribution >= 0.6 is 108 Å². The zero-order valence-electron chi connectivity index (χ0n) is 23.3. The van der Waals surface area contributed by atoms with Gasteiger partial charge in [-0.1, -0.05) is 70.9 Å². The summed E-state index contributed by atoms with van der Waals surface area (Å²) in [6.07, 6.45) is -11.3. The van der Waals surface area contributed by atoms with Crippen LogP contribution in [0.3, 0.4) is 0 Å². The molecule has 0 saturated carbocycles. The standard InChI is InChI=1S/C24H20Cl6N4O10P2S2/c25-7-1-11-13(3-9(7)27)33(23(29)31-11)21-18(36)19-16(42-21)6-40-46(38,48)44-20-17(35)15(5-39-45(37,47)43-19)41-22(20)34-14-4-10(28)8(26)2-12(14)32-24(34)30/h1-4,15-22,35-36H,5-6H2,(H,37,47)(H,38,48). The van der Waals surface area contributed by atoms with Crippen LogP contribution in [0.15, 0.2) is 24.3 Å². The van der Waals surface area contributed by atoms with Gasteiger partial charge in [0.15, 0.2) is 12.5 Å². The van der Waals surface area contributed by atoms with Crippen LogP contribution in [0.1, 0.15) is 12.5 Å². The van der Waals surface area contributed by atoms with Gasteiger partial charge in [0.05, 0.1) is 55.4 Å². The topological polar surface area (TPSA) is 166 Å². The third-order valence-corrected chi connectivity index (χ3v) is 13.0. The summed E-state index contributed by atoms with van der Waals surface area (Å²) >= 11 is 45.9. The molecule has 2 N–H and O–H groups in total. The predicted octanol–water partition coefficient (Wildman–Crippen LogP) is 7.42. The molecule has 7 rings (SSSR count). The van der Waals surface area contributed by atoms with Crippen molar-refractivity contribution >= 4 is 130 Å². The van der Waals surface area contributed by atoms with E-state index in [0.29, 0.717) is 22.1 Å². The first kappa shape index (κ1) is 36.3. The highest BCUT2D eigenvalue weighted by Gasteiger charge is 2.53. The van der Waals surface area contributed by atoms with Crippen molar-refractivity contribution in [3.8, 4) is 0 Å². The molecule has 2 aromatic heterocycles. The third-order valence-electron chi connectivity index (χ3n) is 7.82. The van der Waals surface area contributed by atoms with Gasteiger partial charge in [-0.2, -0.15) is 0 Å². The van der Waals surface area contributed by atoms with Gasteiger partial charge in [0, 0.05) is 0 Å². The molecule has 10 unspecified atom stereocenters. The third kappa shape index (κ3) is 6.68. The molecule has 0 aliphatic carbocycles. The molecule has 0 spiro atoms. The van der Waals surface area contributed by atoms with Crippen LogP contribution in [-0.4, -0.2) is 79.2 Å². The van der Waals surface area contributed by atoms with Gasteiger partial charge in [0.1, 0.15) is 36.6 Å². The Morgan fingerprint density at radius 1 is 0.667 bits per heavy atom. The van der Waals surface area contributed by atoms with Crippen molar-refractivity contribution < 1.29 is 46.9 Å². The van der Waals surface area contributed by atoms with E-state index in [0.717, 1.165) is 0 Å². The Morgan fingerprint density at radius 3 is 1.65 bits per heavy atom. The molecule has 5 heterocycles. The number of halogens is 6. The number of nitrogens with zero attached hydrogens (tertiary/aromatic N) is 4. The number of aliphatic hydroxyl groups is 2. The summed E-state index contributed by atoms with van der Waals surface area (Å²) in [5, 5.41) is 23.2. The highest BCUT2D eigenvalue weighted by Crippen LogP contribution is 2.60. The lowest BCUT2D eigenvalue weighted by molar-refractivity contribution is -0.0572. The van der Waals surface area contributed by atoms with Crippen LogP contribution in [0.2, 0.25) is 30.7 Å². The number of benzene rings is 2. The SMILES string of the molecule is O=P1(S)OCC2OC(n3c(Cl)nc4cc(Cl)c(Cl)cc43)C(OP(=O)(S)OCC3OC(n4c(Cl)nc5cc(Cl)c(Cl)cc54)C(O)C3O1)C2O. The molecule has 2 bridgehead atoms. The molecule has 3 aliphatic heterocycles. The van der Waals surface area contributed by atoms with Crippen molar-refractivity contribution in [3.63, 3.8) is 0 Å². The Morgan fingerprint density at radius 2 is 1.10 bits per heavy atom. The van der Waals surface area contributed by atoms with Crippen LogP contribution in [0, 0.1) is 0 Å². The molecule has 2 aromatic carbocycles. The van der Waals surface area contributed by atoms with Gasteiger partial charge < -0.3 is 19.7 Å². The highest BCUT2D eigenvalue weighted by molar-refractivity contribution is 8.44. The normalized spacial score (nSPS) is 36.2. The summed E-state index contributed by atoms with van der Waals surface area (Å²) in [7, 11) is 0. The minimum Gasteiger partial charge on any atom is -0.387 e. The fourth-order valence-electron chi connectivity index (χ4n) is 5.68. The molecule has 48 heavy (non-hydrogen) atoms. The highest BCUT2D eigenvalue weighted by atomic mass is 35.5. The monoisotopic (exact) mass is 860 g/mol. The maximum absolute atomic E-state index is 13.7. The van der Waals surface area contributed by atoms with Crippen molar-refractivity contribution in [1.29, 1.82) is 0 Å². The second kappa shape index (κ2) is 13.4. The molecule has 0 amide bonds. The number of aliphatic hydroxyl groups excluding tert-OH is 2.